The number of nitrogens with one attached hydrogen (secondary N) is 1. The monoisotopic (exact) mass is 260 g/mol. The molecular weight excluding hydrogens is 248 g/mol. The van der Waals surface area contributed by atoms with E-state index in [0.717, 1.165) is 5.39 Å². The predicted octanol–water partition coefficient (Wildman–Crippen LogP) is 1.67. The van der Waals surface area contributed by atoms with Crippen molar-refractivity contribution in [2.24, 2.45) is 0 Å². The number of hydrogen-bond donors (Lipinski definition) is 1. The van der Waals surface area contributed by atoms with Crippen LogP contribution >= 0.6 is 0 Å². The Bertz CT molecular complexity index is 672. The number of hydrogen-bond acceptors (Lipinski definition) is 4. The molecule has 6 nitrogen and oxygen atoms in total. The van der Waals surface area contributed by atoms with Gasteiger partial charge in [-0.1, -0.05) is 0 Å². The van der Waals surface area contributed by atoms with E-state index in [1.807, 2.05) is 0 Å². The lowest BCUT2D eigenvalue weighted by atomic mass is 10.2. The summed E-state index contributed by atoms with van der Waals surface area (Å²) in [7, 11) is 0. The van der Waals surface area contributed by atoms with Crippen molar-refractivity contribution < 1.29 is 19.1 Å². The average molecular weight is 260 g/mol. The number of amides is 2. The van der Waals surface area contributed by atoms with Gasteiger partial charge in [0.15, 0.2) is 0 Å². The molecule has 2 amide bonds. The van der Waals surface area contributed by atoms with Gasteiger partial charge in [0.1, 0.15) is 5.75 Å². The number of carbonyl (C=O) groups excluding carboxylic acids is 3. The first-order chi connectivity index (χ1) is 8.97. The zero-order valence-corrected chi connectivity index (χ0v) is 10.5. The highest BCUT2D eigenvalue weighted by molar-refractivity contribution is 5.99. The Hall–Kier alpha value is -2.63. The van der Waals surface area contributed by atoms with Crippen LogP contribution in [0.4, 0.5) is 4.79 Å². The molecule has 1 aromatic carbocycles. The Morgan fingerprint density at radius 1 is 1.16 bits per heavy atom. The normalized spacial score (nSPS) is 10.2. The van der Waals surface area contributed by atoms with E-state index in [0.29, 0.717) is 11.3 Å². The van der Waals surface area contributed by atoms with Crippen molar-refractivity contribution in [3.63, 3.8) is 0 Å². The number of nitrogens with zero attached hydrogens (tertiary/aromatic N) is 1. The van der Waals surface area contributed by atoms with Crippen LogP contribution in [0, 0.1) is 0 Å². The average Bonchev–Trinajstić information content (AvgIpc) is 2.70. The van der Waals surface area contributed by atoms with Crippen molar-refractivity contribution in [1.29, 1.82) is 0 Å². The van der Waals surface area contributed by atoms with E-state index in [1.165, 1.54) is 18.4 Å². The third kappa shape index (κ3) is 2.79. The van der Waals surface area contributed by atoms with Gasteiger partial charge in [-0.25, -0.2) is 4.79 Å². The van der Waals surface area contributed by atoms with E-state index in [-0.39, 0.29) is 0 Å². The van der Waals surface area contributed by atoms with Crippen LogP contribution in [-0.2, 0) is 9.59 Å². The molecule has 2 aromatic rings. The molecule has 0 bridgehead atoms. The smallest absolute Gasteiger partial charge is 0.332 e. The molecule has 0 radical (unpaired) electrons. The van der Waals surface area contributed by atoms with Gasteiger partial charge in [0.2, 0.25) is 5.91 Å². The van der Waals surface area contributed by atoms with Crippen molar-refractivity contribution in [1.82, 2.24) is 9.88 Å². The molecule has 19 heavy (non-hydrogen) atoms. The lowest BCUT2D eigenvalue weighted by Crippen LogP contribution is -2.31. The first-order valence-corrected chi connectivity index (χ1v) is 5.59. The van der Waals surface area contributed by atoms with Crippen LogP contribution in [0.15, 0.2) is 30.5 Å². The minimum absolute atomic E-state index is 0.407. The van der Waals surface area contributed by atoms with E-state index in [1.54, 1.807) is 30.5 Å². The van der Waals surface area contributed by atoms with Crippen molar-refractivity contribution in [2.75, 3.05) is 0 Å². The van der Waals surface area contributed by atoms with Crippen LogP contribution in [0.5, 0.6) is 5.75 Å². The summed E-state index contributed by atoms with van der Waals surface area (Å²) in [6, 6.07) is 6.05. The fourth-order valence-electron chi connectivity index (χ4n) is 1.74. The maximum Gasteiger partial charge on any atom is 0.332 e. The molecule has 98 valence electrons. The van der Waals surface area contributed by atoms with Crippen LogP contribution in [0.1, 0.15) is 13.8 Å². The van der Waals surface area contributed by atoms with Gasteiger partial charge >= 0.3 is 12.0 Å². The molecule has 1 heterocycles. The van der Waals surface area contributed by atoms with Crippen LogP contribution in [0.25, 0.3) is 10.9 Å². The Morgan fingerprint density at radius 3 is 2.53 bits per heavy atom. The molecule has 2 rings (SSSR count). The Balaban J connectivity index is 2.36. The largest absolute Gasteiger partial charge is 0.427 e. The van der Waals surface area contributed by atoms with E-state index in [2.05, 4.69) is 5.32 Å². The number of carbonyl (C=O) groups is 3. The molecule has 0 aliphatic rings. The number of aromatic nitrogens is 1. The second-order valence-electron chi connectivity index (χ2n) is 3.99. The molecule has 6 heteroatoms. The predicted molar refractivity (Wildman–Crippen MR) is 67.9 cm³/mol. The summed E-state index contributed by atoms with van der Waals surface area (Å²) in [5, 5.41) is 2.92. The van der Waals surface area contributed by atoms with Crippen molar-refractivity contribution in [3.05, 3.63) is 30.5 Å². The zero-order chi connectivity index (χ0) is 14.0. The summed E-state index contributed by atoms with van der Waals surface area (Å²) in [6.07, 6.45) is 1.54. The van der Waals surface area contributed by atoms with Crippen LogP contribution in [-0.4, -0.2) is 22.5 Å². The first-order valence-electron chi connectivity index (χ1n) is 5.59. The van der Waals surface area contributed by atoms with Gasteiger partial charge in [-0.05, 0) is 24.3 Å². The molecule has 0 aliphatic carbocycles. The molecule has 0 saturated heterocycles. The summed E-state index contributed by atoms with van der Waals surface area (Å²) in [4.78, 5) is 33.5. The third-order valence-electron chi connectivity index (χ3n) is 2.43. The van der Waals surface area contributed by atoms with E-state index in [9.17, 15) is 14.4 Å². The fraction of sp³-hybridized carbons (Fsp3) is 0.154. The van der Waals surface area contributed by atoms with Crippen molar-refractivity contribution in [2.45, 2.75) is 13.8 Å². The molecule has 0 fully saturated rings. The van der Waals surface area contributed by atoms with E-state index < -0.39 is 17.9 Å². The number of rotatable bonds is 1. The standard InChI is InChI=1S/C13H12N2O4/c1-8(16)14-13(18)15-6-5-10-7-11(19-9(2)17)3-4-12(10)15/h3-7H,1-2H3,(H,14,16,18). The van der Waals surface area contributed by atoms with Gasteiger partial charge < -0.3 is 4.74 Å². The third-order valence-corrected chi connectivity index (χ3v) is 2.43. The van der Waals surface area contributed by atoms with Gasteiger partial charge in [-0.15, -0.1) is 0 Å². The summed E-state index contributed by atoms with van der Waals surface area (Å²) in [5.41, 5.74) is 0.620. The quantitative estimate of drug-likeness (QED) is 0.625. The van der Waals surface area contributed by atoms with Gasteiger partial charge in [-0.3, -0.25) is 19.5 Å². The zero-order valence-electron chi connectivity index (χ0n) is 10.5. The summed E-state index contributed by atoms with van der Waals surface area (Å²) < 4.78 is 6.27. The number of benzene rings is 1. The number of fused-ring (bicyclic) bond motifs is 1. The van der Waals surface area contributed by atoms with Gasteiger partial charge in [0.05, 0.1) is 5.52 Å². The molecule has 0 unspecified atom stereocenters. The minimum Gasteiger partial charge on any atom is -0.427 e. The van der Waals surface area contributed by atoms with Crippen LogP contribution < -0.4 is 10.1 Å². The highest BCUT2D eigenvalue weighted by Crippen LogP contribution is 2.22. The van der Waals surface area contributed by atoms with Gasteiger partial charge in [0.25, 0.3) is 0 Å². The molecule has 0 saturated carbocycles. The number of imide groups is 1. The first kappa shape index (κ1) is 12.8. The van der Waals surface area contributed by atoms with Gasteiger partial charge in [-0.2, -0.15) is 0 Å². The summed E-state index contributed by atoms with van der Waals surface area (Å²) in [5.74, 6) is -0.429. The van der Waals surface area contributed by atoms with Crippen LogP contribution in [0.3, 0.4) is 0 Å². The number of esters is 1. The maximum absolute atomic E-state index is 11.7. The molecule has 1 aromatic heterocycles. The minimum atomic E-state index is -0.525. The van der Waals surface area contributed by atoms with Gasteiger partial charge in [0, 0.05) is 25.4 Å². The summed E-state index contributed by atoms with van der Waals surface area (Å²) >= 11 is 0. The second kappa shape index (κ2) is 4.93. The lowest BCUT2D eigenvalue weighted by Gasteiger charge is -2.05. The highest BCUT2D eigenvalue weighted by Gasteiger charge is 2.10. The number of ether oxygens (including phenoxy) is 1. The van der Waals surface area contributed by atoms with Crippen molar-refractivity contribution in [3.8, 4) is 5.75 Å². The second-order valence-corrected chi connectivity index (χ2v) is 3.99. The lowest BCUT2D eigenvalue weighted by molar-refractivity contribution is -0.131. The van der Waals surface area contributed by atoms with Crippen molar-refractivity contribution >= 4 is 28.8 Å². The van der Waals surface area contributed by atoms with Crippen LogP contribution in [0.2, 0.25) is 0 Å². The van der Waals surface area contributed by atoms with E-state index in [4.69, 9.17) is 4.74 Å². The Morgan fingerprint density at radius 2 is 1.89 bits per heavy atom. The maximum atomic E-state index is 11.7. The molecule has 0 aliphatic heterocycles. The Kier molecular flexibility index (Phi) is 3.33. The molecule has 0 atom stereocenters. The van der Waals surface area contributed by atoms with E-state index >= 15 is 0 Å². The summed E-state index contributed by atoms with van der Waals surface area (Å²) in [6.45, 7) is 2.58. The molecular formula is C13H12N2O4. The molecule has 1 N–H and O–H groups in total. The highest BCUT2D eigenvalue weighted by atomic mass is 16.5. The molecule has 0 spiro atoms. The fourth-order valence-corrected chi connectivity index (χ4v) is 1.74. The Labute approximate surface area is 109 Å². The topological polar surface area (TPSA) is 77.4 Å². The SMILES string of the molecule is CC(=O)NC(=O)n1ccc2cc(OC(C)=O)ccc21.